The third-order valence-electron chi connectivity index (χ3n) is 2.73. The van der Waals surface area contributed by atoms with E-state index < -0.39 is 6.04 Å². The van der Waals surface area contributed by atoms with E-state index in [1.165, 1.54) is 20.3 Å². The Morgan fingerprint density at radius 1 is 1.33 bits per heavy atom. The number of ether oxygens (including phenoxy) is 2. The van der Waals surface area contributed by atoms with E-state index in [4.69, 9.17) is 4.74 Å². The molecule has 100 valence electrons. The SMILES string of the molecule is COC(=O)C(C)NC(C)c1ccc(OC)cc1F. The lowest BCUT2D eigenvalue weighted by Gasteiger charge is -2.19. The number of benzene rings is 1. The average molecular weight is 255 g/mol. The summed E-state index contributed by atoms with van der Waals surface area (Å²) in [7, 11) is 2.80. The molecule has 1 N–H and O–H groups in total. The second-order valence-electron chi connectivity index (χ2n) is 4.02. The van der Waals surface area contributed by atoms with Gasteiger partial charge in [-0.15, -0.1) is 0 Å². The Bertz CT molecular complexity index is 423. The molecule has 0 spiro atoms. The van der Waals surface area contributed by atoms with Crippen molar-refractivity contribution in [2.24, 2.45) is 0 Å². The van der Waals surface area contributed by atoms with Crippen molar-refractivity contribution in [1.82, 2.24) is 5.32 Å². The van der Waals surface area contributed by atoms with Gasteiger partial charge in [-0.3, -0.25) is 10.1 Å². The Morgan fingerprint density at radius 2 is 2.00 bits per heavy atom. The second kappa shape index (κ2) is 6.35. The van der Waals surface area contributed by atoms with Crippen LogP contribution in [0.15, 0.2) is 18.2 Å². The quantitative estimate of drug-likeness (QED) is 0.818. The van der Waals surface area contributed by atoms with E-state index in [1.807, 2.05) is 0 Å². The zero-order chi connectivity index (χ0) is 13.7. The van der Waals surface area contributed by atoms with E-state index in [0.717, 1.165) is 0 Å². The highest BCUT2D eigenvalue weighted by molar-refractivity contribution is 5.75. The average Bonchev–Trinajstić information content (AvgIpc) is 2.37. The van der Waals surface area contributed by atoms with Crippen LogP contribution >= 0.6 is 0 Å². The standard InChI is InChI=1S/C13H18FNO3/c1-8(15-9(2)13(16)18-4)11-6-5-10(17-3)7-12(11)14/h5-9,15H,1-4H3. The molecule has 0 saturated heterocycles. The summed E-state index contributed by atoms with van der Waals surface area (Å²) in [5.74, 6) is -0.286. The summed E-state index contributed by atoms with van der Waals surface area (Å²) < 4.78 is 23.3. The van der Waals surface area contributed by atoms with Gasteiger partial charge in [0.05, 0.1) is 14.2 Å². The molecule has 0 radical (unpaired) electrons. The van der Waals surface area contributed by atoms with Crippen LogP contribution in [0.2, 0.25) is 0 Å². The maximum atomic E-state index is 13.8. The molecule has 0 bridgehead atoms. The number of nitrogens with one attached hydrogen (secondary N) is 1. The van der Waals surface area contributed by atoms with E-state index in [2.05, 4.69) is 10.1 Å². The van der Waals surface area contributed by atoms with Gasteiger partial charge in [0.2, 0.25) is 0 Å². The minimum atomic E-state index is -0.494. The van der Waals surface area contributed by atoms with Gasteiger partial charge in [-0.2, -0.15) is 0 Å². The molecule has 2 unspecified atom stereocenters. The molecule has 0 heterocycles. The van der Waals surface area contributed by atoms with Crippen LogP contribution in [-0.2, 0) is 9.53 Å². The first-order chi connectivity index (χ1) is 8.49. The molecule has 0 aliphatic carbocycles. The first-order valence-electron chi connectivity index (χ1n) is 5.67. The zero-order valence-corrected chi connectivity index (χ0v) is 11.0. The Balaban J connectivity index is 2.78. The highest BCUT2D eigenvalue weighted by Gasteiger charge is 2.18. The molecule has 18 heavy (non-hydrogen) atoms. The van der Waals surface area contributed by atoms with Crippen molar-refractivity contribution in [2.45, 2.75) is 25.9 Å². The van der Waals surface area contributed by atoms with E-state index in [-0.39, 0.29) is 17.8 Å². The molecule has 4 nitrogen and oxygen atoms in total. The van der Waals surface area contributed by atoms with Crippen LogP contribution in [0.1, 0.15) is 25.5 Å². The molecule has 0 aliphatic rings. The number of esters is 1. The summed E-state index contributed by atoms with van der Waals surface area (Å²) in [6.07, 6.45) is 0. The molecular weight excluding hydrogens is 237 g/mol. The largest absolute Gasteiger partial charge is 0.497 e. The van der Waals surface area contributed by atoms with Gasteiger partial charge in [0.1, 0.15) is 17.6 Å². The lowest BCUT2D eigenvalue weighted by Crippen LogP contribution is -2.36. The Hall–Kier alpha value is -1.62. The number of carbonyl (C=O) groups excluding carboxylic acids is 1. The van der Waals surface area contributed by atoms with Crippen molar-refractivity contribution in [1.29, 1.82) is 0 Å². The molecule has 0 saturated carbocycles. The van der Waals surface area contributed by atoms with Gasteiger partial charge in [-0.25, -0.2) is 4.39 Å². The topological polar surface area (TPSA) is 47.6 Å². The molecule has 0 amide bonds. The summed E-state index contributed by atoms with van der Waals surface area (Å²) in [4.78, 5) is 11.3. The van der Waals surface area contributed by atoms with Crippen LogP contribution < -0.4 is 10.1 Å². The Morgan fingerprint density at radius 3 is 2.50 bits per heavy atom. The minimum absolute atomic E-state index is 0.301. The number of halogens is 1. The molecule has 5 heteroatoms. The van der Waals surface area contributed by atoms with Gasteiger partial charge in [0.25, 0.3) is 0 Å². The molecule has 0 aromatic heterocycles. The van der Waals surface area contributed by atoms with Gasteiger partial charge in [0.15, 0.2) is 0 Å². The lowest BCUT2D eigenvalue weighted by molar-refractivity contribution is -0.142. The summed E-state index contributed by atoms with van der Waals surface area (Å²) in [5.41, 5.74) is 0.478. The first kappa shape index (κ1) is 14.4. The summed E-state index contributed by atoms with van der Waals surface area (Å²) in [6.45, 7) is 3.45. The van der Waals surface area contributed by atoms with Crippen molar-refractivity contribution < 1.29 is 18.7 Å². The van der Waals surface area contributed by atoms with Crippen molar-refractivity contribution in [3.63, 3.8) is 0 Å². The molecule has 2 atom stereocenters. The van der Waals surface area contributed by atoms with Crippen molar-refractivity contribution >= 4 is 5.97 Å². The van der Waals surface area contributed by atoms with E-state index in [9.17, 15) is 9.18 Å². The molecule has 1 aromatic rings. The summed E-state index contributed by atoms with van der Waals surface area (Å²) >= 11 is 0. The van der Waals surface area contributed by atoms with Crippen LogP contribution in [0.25, 0.3) is 0 Å². The number of rotatable bonds is 5. The fraction of sp³-hybridized carbons (Fsp3) is 0.462. The third-order valence-corrected chi connectivity index (χ3v) is 2.73. The van der Waals surface area contributed by atoms with E-state index in [1.54, 1.807) is 26.0 Å². The number of hydrogen-bond donors (Lipinski definition) is 1. The van der Waals surface area contributed by atoms with Gasteiger partial charge in [-0.05, 0) is 19.9 Å². The van der Waals surface area contributed by atoms with Crippen molar-refractivity contribution in [3.05, 3.63) is 29.6 Å². The predicted octanol–water partition coefficient (Wildman–Crippen LogP) is 2.05. The molecular formula is C13H18FNO3. The van der Waals surface area contributed by atoms with Crippen molar-refractivity contribution in [2.75, 3.05) is 14.2 Å². The van der Waals surface area contributed by atoms with Crippen LogP contribution in [-0.4, -0.2) is 26.2 Å². The normalized spacial score (nSPS) is 13.8. The summed E-state index contributed by atoms with van der Waals surface area (Å²) in [6, 6.07) is 3.84. The zero-order valence-electron chi connectivity index (χ0n) is 11.0. The molecule has 0 fully saturated rings. The maximum absolute atomic E-state index is 13.8. The second-order valence-corrected chi connectivity index (χ2v) is 4.02. The van der Waals surface area contributed by atoms with Gasteiger partial charge < -0.3 is 9.47 Å². The van der Waals surface area contributed by atoms with Crippen LogP contribution in [0.3, 0.4) is 0 Å². The Kier molecular flexibility index (Phi) is 5.09. The van der Waals surface area contributed by atoms with Gasteiger partial charge in [-0.1, -0.05) is 6.07 Å². The van der Waals surface area contributed by atoms with Crippen LogP contribution in [0.4, 0.5) is 4.39 Å². The number of methoxy groups -OCH3 is 2. The highest BCUT2D eigenvalue weighted by Crippen LogP contribution is 2.22. The predicted molar refractivity (Wildman–Crippen MR) is 66.0 cm³/mol. The monoisotopic (exact) mass is 255 g/mol. The maximum Gasteiger partial charge on any atom is 0.322 e. The van der Waals surface area contributed by atoms with Gasteiger partial charge in [0, 0.05) is 17.7 Å². The fourth-order valence-electron chi connectivity index (χ4n) is 1.70. The van der Waals surface area contributed by atoms with Crippen LogP contribution in [0.5, 0.6) is 5.75 Å². The highest BCUT2D eigenvalue weighted by atomic mass is 19.1. The van der Waals surface area contributed by atoms with E-state index in [0.29, 0.717) is 11.3 Å². The number of carbonyl (C=O) groups is 1. The van der Waals surface area contributed by atoms with E-state index >= 15 is 0 Å². The smallest absolute Gasteiger partial charge is 0.322 e. The molecule has 1 rings (SSSR count). The first-order valence-corrected chi connectivity index (χ1v) is 5.67. The minimum Gasteiger partial charge on any atom is -0.497 e. The lowest BCUT2D eigenvalue weighted by atomic mass is 10.1. The van der Waals surface area contributed by atoms with Crippen LogP contribution in [0, 0.1) is 5.82 Å². The number of hydrogen-bond acceptors (Lipinski definition) is 4. The molecule has 0 aliphatic heterocycles. The summed E-state index contributed by atoms with van der Waals surface area (Å²) in [5, 5.41) is 2.97. The van der Waals surface area contributed by atoms with Crippen molar-refractivity contribution in [3.8, 4) is 5.75 Å². The third kappa shape index (κ3) is 3.43. The Labute approximate surface area is 106 Å². The fourth-order valence-corrected chi connectivity index (χ4v) is 1.70. The van der Waals surface area contributed by atoms with Gasteiger partial charge >= 0.3 is 5.97 Å². The molecule has 1 aromatic carbocycles.